The summed E-state index contributed by atoms with van der Waals surface area (Å²) in [6.45, 7) is 7.30. The van der Waals surface area contributed by atoms with Gasteiger partial charge in [-0.05, 0) is 44.4 Å². The van der Waals surface area contributed by atoms with Crippen molar-refractivity contribution in [2.45, 2.75) is 48.9 Å². The number of allylic oxidation sites excluding steroid dienone is 2. The van der Waals surface area contributed by atoms with Gasteiger partial charge in [0.1, 0.15) is 0 Å². The molecule has 2 aliphatic rings. The number of hydrogen-bond acceptors (Lipinski definition) is 3. The summed E-state index contributed by atoms with van der Waals surface area (Å²) in [4.78, 5) is 0. The summed E-state index contributed by atoms with van der Waals surface area (Å²) in [6, 6.07) is 8.16. The molecule has 0 bridgehead atoms. The molecule has 2 unspecified atom stereocenters. The molecule has 2 N–H and O–H groups in total. The van der Waals surface area contributed by atoms with Crippen LogP contribution in [0.1, 0.15) is 38.8 Å². The van der Waals surface area contributed by atoms with Crippen molar-refractivity contribution in [1.82, 2.24) is 0 Å². The maximum absolute atomic E-state index is 10.3. The van der Waals surface area contributed by atoms with Crippen LogP contribution in [0.5, 0.6) is 0 Å². The fourth-order valence-corrected chi connectivity index (χ4v) is 4.53. The molecular formula is C18H22O2S. The molecule has 3 rings (SSSR count). The first-order chi connectivity index (χ1) is 9.64. The monoisotopic (exact) mass is 302 g/mol. The first kappa shape index (κ1) is 14.9. The highest BCUT2D eigenvalue weighted by atomic mass is 32.2. The fourth-order valence-electron chi connectivity index (χ4n) is 2.95. The van der Waals surface area contributed by atoms with Crippen LogP contribution in [-0.4, -0.2) is 21.1 Å². The molecule has 0 saturated carbocycles. The van der Waals surface area contributed by atoms with Gasteiger partial charge in [0.05, 0.1) is 21.2 Å². The van der Waals surface area contributed by atoms with E-state index in [0.29, 0.717) is 5.25 Å². The van der Waals surface area contributed by atoms with Crippen LogP contribution < -0.4 is 0 Å². The van der Waals surface area contributed by atoms with Gasteiger partial charge in [0.2, 0.25) is 0 Å². The van der Waals surface area contributed by atoms with Gasteiger partial charge in [0.25, 0.3) is 0 Å². The Labute approximate surface area is 130 Å². The van der Waals surface area contributed by atoms with Gasteiger partial charge in [-0.1, -0.05) is 42.5 Å². The Morgan fingerprint density at radius 1 is 1.10 bits per heavy atom. The zero-order valence-corrected chi connectivity index (χ0v) is 13.7. The van der Waals surface area contributed by atoms with Crippen LogP contribution in [0.25, 0.3) is 0 Å². The Kier molecular flexibility index (Phi) is 3.18. The van der Waals surface area contributed by atoms with Crippen molar-refractivity contribution in [3.8, 4) is 0 Å². The summed E-state index contributed by atoms with van der Waals surface area (Å²) in [5.41, 5.74) is 1.56. The summed E-state index contributed by atoms with van der Waals surface area (Å²) >= 11 is 1.86. The van der Waals surface area contributed by atoms with Gasteiger partial charge in [-0.2, -0.15) is 0 Å². The molecule has 1 fully saturated rings. The molecule has 3 heteroatoms. The van der Waals surface area contributed by atoms with E-state index in [-0.39, 0.29) is 4.75 Å². The van der Waals surface area contributed by atoms with Crippen molar-refractivity contribution in [2.24, 2.45) is 0 Å². The molecule has 2 atom stereocenters. The van der Waals surface area contributed by atoms with E-state index in [0.717, 1.165) is 11.1 Å². The summed E-state index contributed by atoms with van der Waals surface area (Å²) in [7, 11) is 0. The van der Waals surface area contributed by atoms with Crippen LogP contribution in [0.15, 0.2) is 48.1 Å². The predicted molar refractivity (Wildman–Crippen MR) is 88.3 cm³/mol. The van der Waals surface area contributed by atoms with Gasteiger partial charge in [-0.15, -0.1) is 11.8 Å². The van der Waals surface area contributed by atoms with E-state index in [1.165, 1.54) is 5.56 Å². The molecule has 1 aliphatic heterocycles. The number of thioether (sulfide) groups is 1. The Balaban J connectivity index is 1.98. The molecule has 2 nitrogen and oxygen atoms in total. The third-order valence-electron chi connectivity index (χ3n) is 4.27. The van der Waals surface area contributed by atoms with Crippen LogP contribution in [0, 0.1) is 0 Å². The predicted octanol–water partition coefficient (Wildman–Crippen LogP) is 3.49. The smallest absolute Gasteiger partial charge is 0.0840 e. The topological polar surface area (TPSA) is 40.5 Å². The normalized spacial score (nSPS) is 28.1. The molecule has 0 spiro atoms. The molecular weight excluding hydrogens is 280 g/mol. The Hall–Kier alpha value is -1.03. The zero-order chi connectivity index (χ0) is 15.5. The maximum atomic E-state index is 10.3. The maximum Gasteiger partial charge on any atom is 0.0840 e. The van der Waals surface area contributed by atoms with E-state index in [1.807, 2.05) is 49.9 Å². The number of aliphatic hydroxyl groups is 2. The summed E-state index contributed by atoms with van der Waals surface area (Å²) < 4.78 is -0.0780. The molecule has 0 aromatic heterocycles. The molecule has 1 aliphatic carbocycles. The SMILES string of the molecule is CC(C)(O)C1=CC=CC2(c3cccc(C(C)(C)O)c3)SC12. The highest BCUT2D eigenvalue weighted by Gasteiger charge is 2.59. The second-order valence-corrected chi connectivity index (χ2v) is 8.35. The van der Waals surface area contributed by atoms with Crippen LogP contribution in [0.3, 0.4) is 0 Å². The van der Waals surface area contributed by atoms with E-state index in [9.17, 15) is 10.2 Å². The van der Waals surface area contributed by atoms with Gasteiger partial charge in [-0.3, -0.25) is 0 Å². The first-order valence-electron chi connectivity index (χ1n) is 7.28. The Bertz CT molecular complexity index is 631. The molecule has 0 radical (unpaired) electrons. The van der Waals surface area contributed by atoms with Crippen molar-refractivity contribution in [2.75, 3.05) is 0 Å². The van der Waals surface area contributed by atoms with Gasteiger partial charge in [0.15, 0.2) is 0 Å². The highest BCUT2D eigenvalue weighted by molar-refractivity contribution is 8.08. The van der Waals surface area contributed by atoms with Gasteiger partial charge < -0.3 is 10.2 Å². The minimum absolute atomic E-state index is 0.0780. The van der Waals surface area contributed by atoms with Crippen LogP contribution in [-0.2, 0) is 10.3 Å². The number of rotatable bonds is 3. The summed E-state index contributed by atoms with van der Waals surface area (Å²) in [5, 5.41) is 20.8. The van der Waals surface area contributed by atoms with E-state index in [4.69, 9.17) is 0 Å². The van der Waals surface area contributed by atoms with E-state index < -0.39 is 11.2 Å². The molecule has 1 aromatic rings. The summed E-state index contributed by atoms with van der Waals surface area (Å²) in [6.07, 6.45) is 6.28. The minimum atomic E-state index is -0.838. The van der Waals surface area contributed by atoms with Gasteiger partial charge in [0, 0.05) is 0 Å². The third-order valence-corrected chi connectivity index (χ3v) is 5.88. The Morgan fingerprint density at radius 2 is 1.81 bits per heavy atom. The zero-order valence-electron chi connectivity index (χ0n) is 12.9. The number of benzene rings is 1. The van der Waals surface area contributed by atoms with E-state index in [1.54, 1.807) is 13.8 Å². The second-order valence-electron chi connectivity index (χ2n) is 6.97. The van der Waals surface area contributed by atoms with Crippen molar-refractivity contribution >= 4 is 11.8 Å². The van der Waals surface area contributed by atoms with E-state index >= 15 is 0 Å². The fraction of sp³-hybridized carbons (Fsp3) is 0.444. The number of fused-ring (bicyclic) bond motifs is 1. The lowest BCUT2D eigenvalue weighted by Gasteiger charge is -2.26. The number of hydrogen-bond donors (Lipinski definition) is 2. The largest absolute Gasteiger partial charge is 0.386 e. The lowest BCUT2D eigenvalue weighted by atomic mass is 9.81. The van der Waals surface area contributed by atoms with Crippen LogP contribution in [0.2, 0.25) is 0 Å². The lowest BCUT2D eigenvalue weighted by molar-refractivity contribution is 0.0784. The van der Waals surface area contributed by atoms with E-state index in [2.05, 4.69) is 18.2 Å². The van der Waals surface area contributed by atoms with Crippen LogP contribution >= 0.6 is 11.8 Å². The third kappa shape index (κ3) is 2.48. The minimum Gasteiger partial charge on any atom is -0.386 e. The molecule has 21 heavy (non-hydrogen) atoms. The average molecular weight is 302 g/mol. The summed E-state index contributed by atoms with van der Waals surface area (Å²) in [5.74, 6) is 0. The molecule has 0 amide bonds. The molecule has 112 valence electrons. The quantitative estimate of drug-likeness (QED) is 0.840. The van der Waals surface area contributed by atoms with Gasteiger partial charge >= 0.3 is 0 Å². The second kappa shape index (κ2) is 4.48. The molecule has 1 aromatic carbocycles. The molecule has 1 heterocycles. The van der Waals surface area contributed by atoms with Crippen molar-refractivity contribution in [3.63, 3.8) is 0 Å². The molecule has 1 saturated heterocycles. The standard InChI is InChI=1S/C18H22O2S/c1-16(2,19)12-7-5-8-13(11-12)18-10-6-9-14(15(18)21-18)17(3,4)20/h5-11,15,19-20H,1-4H3. The van der Waals surface area contributed by atoms with Crippen molar-refractivity contribution < 1.29 is 10.2 Å². The van der Waals surface area contributed by atoms with Gasteiger partial charge in [-0.25, -0.2) is 0 Å². The first-order valence-corrected chi connectivity index (χ1v) is 8.16. The average Bonchev–Trinajstić information content (AvgIpc) is 3.12. The van der Waals surface area contributed by atoms with Crippen molar-refractivity contribution in [3.05, 3.63) is 59.2 Å². The highest BCUT2D eigenvalue weighted by Crippen LogP contribution is 2.67. The van der Waals surface area contributed by atoms with Crippen molar-refractivity contribution in [1.29, 1.82) is 0 Å². The van der Waals surface area contributed by atoms with Crippen LogP contribution in [0.4, 0.5) is 0 Å². The lowest BCUT2D eigenvalue weighted by Crippen LogP contribution is -2.29. The Morgan fingerprint density at radius 3 is 2.43 bits per heavy atom.